The zero-order valence-corrected chi connectivity index (χ0v) is 12.7. The molecule has 0 saturated carbocycles. The topological polar surface area (TPSA) is 91.7 Å². The molecule has 0 unspecified atom stereocenters. The molecule has 0 spiro atoms. The zero-order chi connectivity index (χ0) is 14.9. The molecule has 3 heterocycles. The van der Waals surface area contributed by atoms with Crippen LogP contribution < -0.4 is 4.90 Å². The Morgan fingerprint density at radius 1 is 1.19 bits per heavy atom. The van der Waals surface area contributed by atoms with E-state index >= 15 is 0 Å². The standard InChI is InChI=1S/C12H21N9/c1-12(2,3)21-10(15-17-18-21)8-19-4-6-20(7-5-19)11-13-9-14-16-11/h9H,4-8H2,1-3H3,(H,13,14,16). The van der Waals surface area contributed by atoms with Gasteiger partial charge in [0.05, 0.1) is 12.1 Å². The monoisotopic (exact) mass is 291 g/mol. The molecule has 1 saturated heterocycles. The quantitative estimate of drug-likeness (QED) is 0.842. The van der Waals surface area contributed by atoms with Crippen LogP contribution in [0.25, 0.3) is 0 Å². The lowest BCUT2D eigenvalue weighted by Gasteiger charge is -2.34. The molecule has 2 aromatic rings. The summed E-state index contributed by atoms with van der Waals surface area (Å²) in [6, 6.07) is 0. The summed E-state index contributed by atoms with van der Waals surface area (Å²) in [5, 5.41) is 18.9. The summed E-state index contributed by atoms with van der Waals surface area (Å²) >= 11 is 0. The molecule has 0 aromatic carbocycles. The number of aromatic amines is 1. The maximum Gasteiger partial charge on any atom is 0.221 e. The third kappa shape index (κ3) is 3.02. The Bertz CT molecular complexity index is 560. The van der Waals surface area contributed by atoms with Crippen molar-refractivity contribution in [3.63, 3.8) is 0 Å². The Morgan fingerprint density at radius 3 is 2.57 bits per heavy atom. The number of nitrogens with zero attached hydrogens (tertiary/aromatic N) is 8. The highest BCUT2D eigenvalue weighted by Gasteiger charge is 2.24. The highest BCUT2D eigenvalue weighted by Crippen LogP contribution is 2.16. The van der Waals surface area contributed by atoms with Crippen LogP contribution >= 0.6 is 0 Å². The molecule has 0 radical (unpaired) electrons. The maximum absolute atomic E-state index is 4.19. The Labute approximate surface area is 123 Å². The predicted octanol–water partition coefficient (Wildman–Crippen LogP) is -0.132. The van der Waals surface area contributed by atoms with Gasteiger partial charge in [0, 0.05) is 26.2 Å². The van der Waals surface area contributed by atoms with E-state index in [0.29, 0.717) is 0 Å². The summed E-state index contributed by atoms with van der Waals surface area (Å²) in [5.74, 6) is 1.75. The smallest absolute Gasteiger partial charge is 0.221 e. The van der Waals surface area contributed by atoms with Crippen LogP contribution in [0.1, 0.15) is 26.6 Å². The molecule has 1 aliphatic rings. The fourth-order valence-electron chi connectivity index (χ4n) is 2.49. The second-order valence-electron chi connectivity index (χ2n) is 6.25. The Kier molecular flexibility index (Phi) is 3.58. The molecule has 0 aliphatic carbocycles. The number of aromatic nitrogens is 7. The number of tetrazole rings is 1. The van der Waals surface area contributed by atoms with Crippen molar-refractivity contribution < 1.29 is 0 Å². The third-order valence-corrected chi connectivity index (χ3v) is 3.61. The first-order valence-corrected chi connectivity index (χ1v) is 7.14. The summed E-state index contributed by atoms with van der Waals surface area (Å²) < 4.78 is 1.90. The Hall–Kier alpha value is -2.03. The lowest BCUT2D eigenvalue weighted by atomic mass is 10.1. The second kappa shape index (κ2) is 5.40. The molecule has 0 bridgehead atoms. The molecule has 0 atom stereocenters. The third-order valence-electron chi connectivity index (χ3n) is 3.61. The highest BCUT2D eigenvalue weighted by molar-refractivity contribution is 5.27. The molecule has 3 rings (SSSR count). The van der Waals surface area contributed by atoms with Crippen LogP contribution in [-0.2, 0) is 12.1 Å². The van der Waals surface area contributed by atoms with Gasteiger partial charge in [0.2, 0.25) is 5.95 Å². The van der Waals surface area contributed by atoms with Crippen LogP contribution in [0.3, 0.4) is 0 Å². The van der Waals surface area contributed by atoms with Gasteiger partial charge in [0.15, 0.2) is 5.82 Å². The minimum atomic E-state index is -0.0967. The van der Waals surface area contributed by atoms with Crippen molar-refractivity contribution in [2.24, 2.45) is 0 Å². The van der Waals surface area contributed by atoms with Crippen LogP contribution in [0.2, 0.25) is 0 Å². The largest absolute Gasteiger partial charge is 0.339 e. The van der Waals surface area contributed by atoms with Gasteiger partial charge in [-0.15, -0.1) is 5.10 Å². The van der Waals surface area contributed by atoms with E-state index in [4.69, 9.17) is 0 Å². The predicted molar refractivity (Wildman–Crippen MR) is 76.7 cm³/mol. The molecular weight excluding hydrogens is 270 g/mol. The summed E-state index contributed by atoms with van der Waals surface area (Å²) in [6.07, 6.45) is 1.54. The number of hydrogen-bond acceptors (Lipinski definition) is 7. The number of rotatable bonds is 3. The van der Waals surface area contributed by atoms with Crippen molar-refractivity contribution in [1.82, 2.24) is 40.3 Å². The zero-order valence-electron chi connectivity index (χ0n) is 12.7. The van der Waals surface area contributed by atoms with Crippen LogP contribution in [0.5, 0.6) is 0 Å². The number of H-pyrrole nitrogens is 1. The summed E-state index contributed by atoms with van der Waals surface area (Å²) in [4.78, 5) is 8.76. The van der Waals surface area contributed by atoms with Crippen molar-refractivity contribution in [2.45, 2.75) is 32.9 Å². The first-order valence-electron chi connectivity index (χ1n) is 7.14. The van der Waals surface area contributed by atoms with E-state index in [1.165, 1.54) is 0 Å². The maximum atomic E-state index is 4.19. The summed E-state index contributed by atoms with van der Waals surface area (Å²) in [7, 11) is 0. The molecule has 9 nitrogen and oxygen atoms in total. The Morgan fingerprint density at radius 2 is 1.95 bits per heavy atom. The first kappa shape index (κ1) is 13.9. The Balaban J connectivity index is 1.60. The van der Waals surface area contributed by atoms with Crippen LogP contribution in [0.15, 0.2) is 6.33 Å². The molecular formula is C12H21N9. The normalized spacial score (nSPS) is 17.4. The fourth-order valence-corrected chi connectivity index (χ4v) is 2.49. The lowest BCUT2D eigenvalue weighted by Crippen LogP contribution is -2.47. The van der Waals surface area contributed by atoms with E-state index in [2.05, 4.69) is 61.3 Å². The highest BCUT2D eigenvalue weighted by atomic mass is 15.6. The van der Waals surface area contributed by atoms with Crippen molar-refractivity contribution in [3.8, 4) is 0 Å². The summed E-state index contributed by atoms with van der Waals surface area (Å²) in [6.45, 7) is 10.8. The van der Waals surface area contributed by atoms with Crippen LogP contribution in [-0.4, -0.2) is 66.5 Å². The average molecular weight is 291 g/mol. The minimum absolute atomic E-state index is 0.0967. The van der Waals surface area contributed by atoms with E-state index in [9.17, 15) is 0 Å². The van der Waals surface area contributed by atoms with Crippen molar-refractivity contribution >= 4 is 5.95 Å². The fraction of sp³-hybridized carbons (Fsp3) is 0.750. The van der Waals surface area contributed by atoms with Crippen molar-refractivity contribution in [3.05, 3.63) is 12.2 Å². The van der Waals surface area contributed by atoms with Crippen molar-refractivity contribution in [1.29, 1.82) is 0 Å². The van der Waals surface area contributed by atoms with Gasteiger partial charge in [-0.25, -0.2) is 9.78 Å². The van der Waals surface area contributed by atoms with E-state index in [0.717, 1.165) is 44.5 Å². The molecule has 1 aliphatic heterocycles. The SMILES string of the molecule is CC(C)(C)n1nnnc1CN1CCN(c2ncn[nH]2)CC1. The van der Waals surface area contributed by atoms with Gasteiger partial charge in [-0.2, -0.15) is 10.1 Å². The van der Waals surface area contributed by atoms with Crippen LogP contribution in [0, 0.1) is 0 Å². The van der Waals surface area contributed by atoms with Gasteiger partial charge in [-0.05, 0) is 31.2 Å². The van der Waals surface area contributed by atoms with E-state index < -0.39 is 0 Å². The molecule has 9 heteroatoms. The van der Waals surface area contributed by atoms with E-state index in [1.54, 1.807) is 6.33 Å². The minimum Gasteiger partial charge on any atom is -0.339 e. The molecule has 2 aromatic heterocycles. The first-order chi connectivity index (χ1) is 10.0. The number of nitrogens with one attached hydrogen (secondary N) is 1. The van der Waals surface area contributed by atoms with Crippen LogP contribution in [0.4, 0.5) is 5.95 Å². The number of hydrogen-bond donors (Lipinski definition) is 1. The van der Waals surface area contributed by atoms with E-state index in [1.807, 2.05) is 4.68 Å². The van der Waals surface area contributed by atoms with Crippen molar-refractivity contribution in [2.75, 3.05) is 31.1 Å². The van der Waals surface area contributed by atoms with Gasteiger partial charge in [-0.1, -0.05) is 0 Å². The molecule has 1 N–H and O–H groups in total. The van der Waals surface area contributed by atoms with Gasteiger partial charge in [0.1, 0.15) is 6.33 Å². The molecule has 21 heavy (non-hydrogen) atoms. The van der Waals surface area contributed by atoms with E-state index in [-0.39, 0.29) is 5.54 Å². The number of piperazine rings is 1. The van der Waals surface area contributed by atoms with Gasteiger partial charge >= 0.3 is 0 Å². The average Bonchev–Trinajstić information content (AvgIpc) is 3.09. The van der Waals surface area contributed by atoms with Gasteiger partial charge < -0.3 is 4.90 Å². The van der Waals surface area contributed by atoms with Gasteiger partial charge in [-0.3, -0.25) is 4.90 Å². The molecule has 0 amide bonds. The summed E-state index contributed by atoms with van der Waals surface area (Å²) in [5.41, 5.74) is -0.0967. The molecule has 1 fully saturated rings. The second-order valence-corrected chi connectivity index (χ2v) is 6.25. The lowest BCUT2D eigenvalue weighted by molar-refractivity contribution is 0.227. The number of anilines is 1. The van der Waals surface area contributed by atoms with Gasteiger partial charge in [0.25, 0.3) is 0 Å². The molecule has 114 valence electrons.